The van der Waals surface area contributed by atoms with Crippen LogP contribution >= 0.6 is 0 Å². The van der Waals surface area contributed by atoms with E-state index in [9.17, 15) is 13.2 Å². The summed E-state index contributed by atoms with van der Waals surface area (Å²) in [5, 5.41) is 8.90. The summed E-state index contributed by atoms with van der Waals surface area (Å²) in [6.45, 7) is 3.95. The Morgan fingerprint density at radius 1 is 1.45 bits per heavy atom. The van der Waals surface area contributed by atoms with E-state index in [1.54, 1.807) is 0 Å². The van der Waals surface area contributed by atoms with Crippen molar-refractivity contribution in [1.29, 1.82) is 0 Å². The minimum Gasteiger partial charge on any atom is -0.495 e. The summed E-state index contributed by atoms with van der Waals surface area (Å²) >= 11 is 0. The molecule has 0 saturated heterocycles. The number of carboxylic acids is 1. The highest BCUT2D eigenvalue weighted by atomic mass is 32.2. The number of carbonyl (C=O) groups is 1. The lowest BCUT2D eigenvalue weighted by atomic mass is 10.2. The van der Waals surface area contributed by atoms with E-state index in [-0.39, 0.29) is 27.7 Å². The van der Waals surface area contributed by atoms with Gasteiger partial charge in [-0.2, -0.15) is 0 Å². The highest BCUT2D eigenvalue weighted by Gasteiger charge is 2.48. The van der Waals surface area contributed by atoms with Gasteiger partial charge in [0.15, 0.2) is 0 Å². The molecule has 0 radical (unpaired) electrons. The molecule has 1 unspecified atom stereocenters. The van der Waals surface area contributed by atoms with Crippen molar-refractivity contribution in [3.8, 4) is 5.75 Å². The van der Waals surface area contributed by atoms with E-state index >= 15 is 0 Å². The molecule has 0 aromatic heterocycles. The number of benzene rings is 1. The number of sulfonamides is 1. The van der Waals surface area contributed by atoms with E-state index in [2.05, 4.69) is 4.72 Å². The zero-order valence-electron chi connectivity index (χ0n) is 11.5. The molecule has 0 spiro atoms. The lowest BCUT2D eigenvalue weighted by molar-refractivity contribution is 0.0696. The number of methoxy groups -OCH3 is 1. The molecule has 0 heterocycles. The summed E-state index contributed by atoms with van der Waals surface area (Å²) in [6.07, 6.45) is 0.780. The smallest absolute Gasteiger partial charge is 0.335 e. The zero-order valence-corrected chi connectivity index (χ0v) is 12.3. The molecule has 0 bridgehead atoms. The predicted molar refractivity (Wildman–Crippen MR) is 72.5 cm³/mol. The Labute approximate surface area is 117 Å². The van der Waals surface area contributed by atoms with Crippen LogP contribution in [0, 0.1) is 5.41 Å². The van der Waals surface area contributed by atoms with E-state index in [0.717, 1.165) is 6.42 Å². The van der Waals surface area contributed by atoms with Crippen LogP contribution in [0.15, 0.2) is 23.1 Å². The molecule has 1 aromatic carbocycles. The first kappa shape index (κ1) is 14.8. The van der Waals surface area contributed by atoms with Crippen LogP contribution in [0.25, 0.3) is 0 Å². The molecular formula is C13H17NO5S. The highest BCUT2D eigenvalue weighted by Crippen LogP contribution is 2.45. The Morgan fingerprint density at radius 2 is 2.05 bits per heavy atom. The van der Waals surface area contributed by atoms with Crippen LogP contribution in [-0.2, 0) is 10.0 Å². The second kappa shape index (κ2) is 4.75. The van der Waals surface area contributed by atoms with Crippen molar-refractivity contribution in [3.63, 3.8) is 0 Å². The molecule has 1 atom stereocenters. The number of carboxylic acid groups (broad SMARTS) is 1. The number of ether oxygens (including phenoxy) is 1. The number of hydrogen-bond acceptors (Lipinski definition) is 4. The summed E-state index contributed by atoms with van der Waals surface area (Å²) < 4.78 is 32.2. The Bertz CT molecular complexity index is 651. The first-order valence-electron chi connectivity index (χ1n) is 6.11. The van der Waals surface area contributed by atoms with Gasteiger partial charge in [-0.25, -0.2) is 17.9 Å². The van der Waals surface area contributed by atoms with Crippen LogP contribution in [-0.4, -0.2) is 32.6 Å². The van der Waals surface area contributed by atoms with Crippen molar-refractivity contribution in [1.82, 2.24) is 4.72 Å². The third-order valence-electron chi connectivity index (χ3n) is 3.51. The third kappa shape index (κ3) is 2.78. The van der Waals surface area contributed by atoms with Crippen molar-refractivity contribution in [2.75, 3.05) is 7.11 Å². The van der Waals surface area contributed by atoms with Gasteiger partial charge in [-0.15, -0.1) is 0 Å². The van der Waals surface area contributed by atoms with Crippen LogP contribution in [0.3, 0.4) is 0 Å². The predicted octanol–water partition coefficient (Wildman–Crippen LogP) is 1.47. The van der Waals surface area contributed by atoms with Crippen molar-refractivity contribution in [3.05, 3.63) is 23.8 Å². The molecule has 0 amide bonds. The highest BCUT2D eigenvalue weighted by molar-refractivity contribution is 7.89. The van der Waals surface area contributed by atoms with E-state index < -0.39 is 16.0 Å². The molecule has 2 N–H and O–H groups in total. The molecule has 6 nitrogen and oxygen atoms in total. The summed E-state index contributed by atoms with van der Waals surface area (Å²) in [4.78, 5) is 10.8. The second-order valence-corrected chi connectivity index (χ2v) is 7.22. The first-order valence-corrected chi connectivity index (χ1v) is 7.59. The number of nitrogens with one attached hydrogen (secondary N) is 1. The van der Waals surface area contributed by atoms with Gasteiger partial charge in [0.1, 0.15) is 10.6 Å². The Kier molecular flexibility index (Phi) is 3.51. The molecule has 110 valence electrons. The first-order chi connectivity index (χ1) is 9.17. The van der Waals surface area contributed by atoms with Gasteiger partial charge < -0.3 is 9.84 Å². The fourth-order valence-electron chi connectivity index (χ4n) is 1.94. The molecule has 1 aliphatic rings. The topological polar surface area (TPSA) is 92.7 Å². The molecule has 1 fully saturated rings. The van der Waals surface area contributed by atoms with E-state index in [1.807, 2.05) is 13.8 Å². The van der Waals surface area contributed by atoms with Crippen LogP contribution in [0.1, 0.15) is 30.6 Å². The van der Waals surface area contributed by atoms with Crippen molar-refractivity contribution in [2.24, 2.45) is 5.41 Å². The third-order valence-corrected chi connectivity index (χ3v) is 5.02. The van der Waals surface area contributed by atoms with Gasteiger partial charge >= 0.3 is 5.97 Å². The van der Waals surface area contributed by atoms with Crippen molar-refractivity contribution < 1.29 is 23.1 Å². The van der Waals surface area contributed by atoms with Gasteiger partial charge in [0.05, 0.1) is 12.7 Å². The molecular weight excluding hydrogens is 282 g/mol. The zero-order chi connectivity index (χ0) is 15.1. The largest absolute Gasteiger partial charge is 0.495 e. The van der Waals surface area contributed by atoms with Crippen LogP contribution in [0.4, 0.5) is 0 Å². The normalized spacial score (nSPS) is 20.4. The maximum absolute atomic E-state index is 12.3. The van der Waals surface area contributed by atoms with E-state index in [1.165, 1.54) is 25.3 Å². The maximum atomic E-state index is 12.3. The van der Waals surface area contributed by atoms with Gasteiger partial charge in [0.25, 0.3) is 0 Å². The van der Waals surface area contributed by atoms with E-state index in [4.69, 9.17) is 9.84 Å². The minimum absolute atomic E-state index is 0.0208. The molecule has 0 aliphatic heterocycles. The van der Waals surface area contributed by atoms with Gasteiger partial charge in [-0.1, -0.05) is 13.8 Å². The maximum Gasteiger partial charge on any atom is 0.335 e. The van der Waals surface area contributed by atoms with Gasteiger partial charge in [0.2, 0.25) is 10.0 Å². The average molecular weight is 299 g/mol. The SMILES string of the molecule is COc1cc(C(=O)O)ccc1S(=O)(=O)NC1CC1(C)C. The fraction of sp³-hybridized carbons (Fsp3) is 0.462. The minimum atomic E-state index is -3.72. The molecule has 20 heavy (non-hydrogen) atoms. The summed E-state index contributed by atoms with van der Waals surface area (Å²) in [5.41, 5.74) is -0.0612. The molecule has 7 heteroatoms. The van der Waals surface area contributed by atoms with Gasteiger partial charge in [0, 0.05) is 6.04 Å². The van der Waals surface area contributed by atoms with Crippen molar-refractivity contribution >= 4 is 16.0 Å². The fourth-order valence-corrected chi connectivity index (χ4v) is 3.50. The van der Waals surface area contributed by atoms with Crippen molar-refractivity contribution in [2.45, 2.75) is 31.2 Å². The Hall–Kier alpha value is -1.60. The Balaban J connectivity index is 2.34. The number of aromatic carboxylic acids is 1. The summed E-state index contributed by atoms with van der Waals surface area (Å²) in [6, 6.07) is 3.60. The van der Waals surface area contributed by atoms with Gasteiger partial charge in [-0.05, 0) is 30.0 Å². The summed E-state index contributed by atoms with van der Waals surface area (Å²) in [7, 11) is -2.41. The van der Waals surface area contributed by atoms with Gasteiger partial charge in [-0.3, -0.25) is 0 Å². The lowest BCUT2D eigenvalue weighted by Gasteiger charge is -2.12. The monoisotopic (exact) mass is 299 g/mol. The second-order valence-electron chi connectivity index (χ2n) is 5.54. The molecule has 1 saturated carbocycles. The van der Waals surface area contributed by atoms with Crippen LogP contribution in [0.2, 0.25) is 0 Å². The number of hydrogen-bond donors (Lipinski definition) is 2. The average Bonchev–Trinajstić information content (AvgIpc) is 2.94. The molecule has 2 rings (SSSR count). The number of rotatable bonds is 5. The molecule has 1 aromatic rings. The van der Waals surface area contributed by atoms with Crippen LogP contribution < -0.4 is 9.46 Å². The van der Waals surface area contributed by atoms with E-state index in [0.29, 0.717) is 0 Å². The quantitative estimate of drug-likeness (QED) is 0.859. The standard InChI is InChI=1S/C13H17NO5S/c1-13(2)7-11(13)14-20(17,18)10-5-4-8(12(15)16)6-9(10)19-3/h4-6,11,14H,7H2,1-3H3,(H,15,16). The summed E-state index contributed by atoms with van der Waals surface area (Å²) in [5.74, 6) is -1.11. The molecule has 1 aliphatic carbocycles. The van der Waals surface area contributed by atoms with Crippen LogP contribution in [0.5, 0.6) is 5.75 Å². The lowest BCUT2D eigenvalue weighted by Crippen LogP contribution is -2.29. The Morgan fingerprint density at radius 3 is 2.50 bits per heavy atom.